The first-order chi connectivity index (χ1) is 15.6. The van der Waals surface area contributed by atoms with Gasteiger partial charge < -0.3 is 15.3 Å². The molecule has 5 rings (SSSR count). The van der Waals surface area contributed by atoms with Gasteiger partial charge in [-0.3, -0.25) is 4.21 Å². The molecule has 1 fully saturated rings. The molecule has 0 radical (unpaired) electrons. The molecule has 2 aromatic heterocycles. The van der Waals surface area contributed by atoms with Crippen molar-refractivity contribution in [1.82, 2.24) is 19.9 Å². The zero-order valence-corrected chi connectivity index (χ0v) is 18.7. The highest BCUT2D eigenvalue weighted by Gasteiger charge is 2.38. The Hall–Kier alpha value is -2.83. The van der Waals surface area contributed by atoms with Crippen LogP contribution in [-0.2, 0) is 17.2 Å². The number of nitrogens with zero attached hydrogens (tertiary/aromatic N) is 5. The molecule has 3 aliphatic rings. The number of aromatic nitrogens is 4. The van der Waals surface area contributed by atoms with E-state index in [1.807, 2.05) is 0 Å². The number of hydrogen-bond donors (Lipinski definition) is 2. The summed E-state index contributed by atoms with van der Waals surface area (Å²) in [6, 6.07) is 0. The van der Waals surface area contributed by atoms with E-state index < -0.39 is 10.8 Å². The second-order valence-electron chi connectivity index (χ2n) is 8.58. The van der Waals surface area contributed by atoms with Crippen LogP contribution in [0.15, 0.2) is 23.4 Å². The Kier molecular flexibility index (Phi) is 5.66. The number of aryl methyl sites for hydroxylation is 1. The third-order valence-electron chi connectivity index (χ3n) is 6.49. The van der Waals surface area contributed by atoms with Gasteiger partial charge in [-0.05, 0) is 44.1 Å². The standard InChI is InChI=1S/C23H26N6O2S/c1-2-16-13-24-22(25-14-16)29-10-6-17(7-11-29)20-26-18-5-3-12-32(31)19(18)21(27-20)28-23(15-30)8-4-9-23/h1,6,13-14,30H,3-5,7-12,15H2,(H,26,27,28)/t32-/m1/s1. The Balaban J connectivity index is 1.43. The zero-order chi connectivity index (χ0) is 22.1. The lowest BCUT2D eigenvalue weighted by molar-refractivity contribution is 0.143. The molecule has 32 heavy (non-hydrogen) atoms. The maximum Gasteiger partial charge on any atom is 0.225 e. The molecule has 2 N–H and O–H groups in total. The number of nitrogens with one attached hydrogen (secondary N) is 1. The molecule has 9 heteroatoms. The van der Waals surface area contributed by atoms with Crippen LogP contribution < -0.4 is 10.2 Å². The molecule has 0 spiro atoms. The lowest BCUT2D eigenvalue weighted by Crippen LogP contribution is -2.49. The summed E-state index contributed by atoms with van der Waals surface area (Å²) in [5, 5.41) is 13.4. The molecular formula is C23H26N6O2S. The summed E-state index contributed by atoms with van der Waals surface area (Å²) in [5.74, 6) is 5.13. The monoisotopic (exact) mass is 450 g/mol. The van der Waals surface area contributed by atoms with Gasteiger partial charge in [-0.15, -0.1) is 6.42 Å². The number of anilines is 2. The van der Waals surface area contributed by atoms with Crippen LogP contribution in [0.1, 0.15) is 49.2 Å². The van der Waals surface area contributed by atoms with Crippen molar-refractivity contribution in [3.63, 3.8) is 0 Å². The van der Waals surface area contributed by atoms with E-state index in [9.17, 15) is 9.32 Å². The van der Waals surface area contributed by atoms with Crippen molar-refractivity contribution in [2.24, 2.45) is 0 Å². The summed E-state index contributed by atoms with van der Waals surface area (Å²) in [7, 11) is -1.12. The largest absolute Gasteiger partial charge is 0.394 e. The molecule has 166 valence electrons. The van der Waals surface area contributed by atoms with Gasteiger partial charge >= 0.3 is 0 Å². The van der Waals surface area contributed by atoms with Crippen molar-refractivity contribution in [2.75, 3.05) is 35.7 Å². The van der Waals surface area contributed by atoms with Crippen LogP contribution >= 0.6 is 0 Å². The summed E-state index contributed by atoms with van der Waals surface area (Å²) >= 11 is 0. The summed E-state index contributed by atoms with van der Waals surface area (Å²) in [5.41, 5.74) is 2.23. The van der Waals surface area contributed by atoms with Gasteiger partial charge in [0.1, 0.15) is 10.7 Å². The van der Waals surface area contributed by atoms with Gasteiger partial charge in [-0.1, -0.05) is 12.0 Å². The summed E-state index contributed by atoms with van der Waals surface area (Å²) in [6.45, 7) is 1.45. The minimum absolute atomic E-state index is 0.0455. The summed E-state index contributed by atoms with van der Waals surface area (Å²) < 4.78 is 12.8. The minimum Gasteiger partial charge on any atom is -0.394 e. The molecular weight excluding hydrogens is 424 g/mol. The van der Waals surface area contributed by atoms with Gasteiger partial charge in [0.15, 0.2) is 5.82 Å². The predicted octanol–water partition coefficient (Wildman–Crippen LogP) is 1.92. The van der Waals surface area contributed by atoms with E-state index in [2.05, 4.69) is 32.2 Å². The second kappa shape index (κ2) is 8.60. The van der Waals surface area contributed by atoms with Crippen molar-refractivity contribution in [1.29, 1.82) is 0 Å². The third-order valence-corrected chi connectivity index (χ3v) is 8.03. The van der Waals surface area contributed by atoms with Crippen LogP contribution in [0.25, 0.3) is 5.57 Å². The Bertz CT molecular complexity index is 1120. The van der Waals surface area contributed by atoms with Crippen molar-refractivity contribution >= 4 is 28.1 Å². The molecule has 2 aliphatic heterocycles. The summed E-state index contributed by atoms with van der Waals surface area (Å²) in [4.78, 5) is 21.2. The highest BCUT2D eigenvalue weighted by Crippen LogP contribution is 2.38. The van der Waals surface area contributed by atoms with Crippen molar-refractivity contribution in [3.8, 4) is 12.3 Å². The lowest BCUT2D eigenvalue weighted by atomic mass is 9.77. The molecule has 1 atom stereocenters. The van der Waals surface area contributed by atoms with Gasteiger partial charge in [0.25, 0.3) is 0 Å². The lowest BCUT2D eigenvalue weighted by Gasteiger charge is -2.42. The Morgan fingerprint density at radius 3 is 2.66 bits per heavy atom. The van der Waals surface area contributed by atoms with E-state index in [0.717, 1.165) is 61.2 Å². The fourth-order valence-electron chi connectivity index (χ4n) is 4.40. The first-order valence-corrected chi connectivity index (χ1v) is 12.3. The predicted molar refractivity (Wildman–Crippen MR) is 124 cm³/mol. The minimum atomic E-state index is -1.12. The molecule has 8 nitrogen and oxygen atoms in total. The SMILES string of the molecule is C#Cc1cnc(N2CC=C(c3nc4c(c(NC5(CO)CCC5)n3)[S@](=O)CCC4)CC2)nc1. The molecule has 0 aromatic carbocycles. The number of aliphatic hydroxyl groups is 1. The van der Waals surface area contributed by atoms with Crippen molar-refractivity contribution in [2.45, 2.75) is 49.0 Å². The summed E-state index contributed by atoms with van der Waals surface area (Å²) in [6.07, 6.45) is 16.1. The van der Waals surface area contributed by atoms with E-state index in [0.29, 0.717) is 35.5 Å². The van der Waals surface area contributed by atoms with E-state index in [1.165, 1.54) is 0 Å². The highest BCUT2D eigenvalue weighted by molar-refractivity contribution is 7.85. The van der Waals surface area contributed by atoms with Crippen LogP contribution in [0.5, 0.6) is 0 Å². The molecule has 0 amide bonds. The topological polar surface area (TPSA) is 104 Å². The number of hydrogen-bond acceptors (Lipinski definition) is 8. The third kappa shape index (κ3) is 3.89. The van der Waals surface area contributed by atoms with Gasteiger partial charge in [0.05, 0.1) is 34.2 Å². The Morgan fingerprint density at radius 2 is 2.03 bits per heavy atom. The number of aliphatic hydroxyl groups excluding tert-OH is 1. The van der Waals surface area contributed by atoms with E-state index in [1.54, 1.807) is 12.4 Å². The van der Waals surface area contributed by atoms with Gasteiger partial charge in [-0.25, -0.2) is 19.9 Å². The van der Waals surface area contributed by atoms with E-state index in [4.69, 9.17) is 16.4 Å². The molecule has 0 unspecified atom stereocenters. The molecule has 4 heterocycles. The number of terminal acetylenes is 1. The molecule has 0 bridgehead atoms. The van der Waals surface area contributed by atoms with Crippen LogP contribution in [0, 0.1) is 12.3 Å². The fraction of sp³-hybridized carbons (Fsp3) is 0.478. The van der Waals surface area contributed by atoms with Crippen molar-refractivity contribution in [3.05, 3.63) is 35.6 Å². The average molecular weight is 451 g/mol. The smallest absolute Gasteiger partial charge is 0.225 e. The van der Waals surface area contributed by atoms with Crippen LogP contribution in [0.3, 0.4) is 0 Å². The molecule has 0 saturated heterocycles. The van der Waals surface area contributed by atoms with Crippen molar-refractivity contribution < 1.29 is 9.32 Å². The normalized spacial score (nSPS) is 21.7. The molecule has 1 saturated carbocycles. The first kappa shape index (κ1) is 21.0. The quantitative estimate of drug-likeness (QED) is 0.666. The van der Waals surface area contributed by atoms with Gasteiger partial charge in [0, 0.05) is 31.2 Å². The second-order valence-corrected chi connectivity index (χ2v) is 10.1. The molecule has 1 aliphatic carbocycles. The van der Waals surface area contributed by atoms with Crippen LogP contribution in [0.4, 0.5) is 11.8 Å². The fourth-order valence-corrected chi connectivity index (χ4v) is 5.73. The van der Waals surface area contributed by atoms with Crippen LogP contribution in [-0.4, -0.2) is 60.2 Å². The Labute approximate surface area is 190 Å². The van der Waals surface area contributed by atoms with Crippen LogP contribution in [0.2, 0.25) is 0 Å². The van der Waals surface area contributed by atoms with Gasteiger partial charge in [0.2, 0.25) is 5.95 Å². The maximum absolute atomic E-state index is 12.8. The average Bonchev–Trinajstić information content (AvgIpc) is 2.81. The van der Waals surface area contributed by atoms with E-state index in [-0.39, 0.29) is 12.1 Å². The zero-order valence-electron chi connectivity index (χ0n) is 17.9. The van der Waals surface area contributed by atoms with Gasteiger partial charge in [-0.2, -0.15) is 0 Å². The number of rotatable bonds is 5. The maximum atomic E-state index is 12.8. The molecule has 2 aromatic rings. The highest BCUT2D eigenvalue weighted by atomic mass is 32.2. The number of fused-ring (bicyclic) bond motifs is 1. The Morgan fingerprint density at radius 1 is 1.22 bits per heavy atom. The van der Waals surface area contributed by atoms with E-state index >= 15 is 0 Å². The first-order valence-electron chi connectivity index (χ1n) is 11.0.